The van der Waals surface area contributed by atoms with E-state index in [1.807, 2.05) is 6.07 Å². The molecule has 1 aromatic rings. The smallest absolute Gasteiger partial charge is 0.261 e. The lowest BCUT2D eigenvalue weighted by Crippen LogP contribution is -2.29. The Bertz CT molecular complexity index is 399. The van der Waals surface area contributed by atoms with Crippen LogP contribution in [0.15, 0.2) is 24.3 Å². The third-order valence-corrected chi connectivity index (χ3v) is 2.27. The number of nitrogens with one attached hydrogen (secondary N) is 1. The van der Waals surface area contributed by atoms with Crippen molar-refractivity contribution >= 4 is 11.6 Å². The predicted octanol–water partition coefficient (Wildman–Crippen LogP) is 1.75. The summed E-state index contributed by atoms with van der Waals surface area (Å²) in [7, 11) is 0. The SMILES string of the molecule is CC(OCC(F)F)C(=O)Nc1cccc(CN)c1. The fraction of sp³-hybridized carbons (Fsp3) is 0.417. The molecular weight excluding hydrogens is 242 g/mol. The molecule has 0 fully saturated rings. The van der Waals surface area contributed by atoms with Crippen molar-refractivity contribution in [2.75, 3.05) is 11.9 Å². The second-order valence-electron chi connectivity index (χ2n) is 3.76. The van der Waals surface area contributed by atoms with Crippen LogP contribution in [0.2, 0.25) is 0 Å². The molecule has 1 rings (SSSR count). The summed E-state index contributed by atoms with van der Waals surface area (Å²) in [4.78, 5) is 11.6. The number of carbonyl (C=O) groups excluding carboxylic acids is 1. The number of hydrogen-bond acceptors (Lipinski definition) is 3. The van der Waals surface area contributed by atoms with E-state index in [1.54, 1.807) is 18.2 Å². The van der Waals surface area contributed by atoms with E-state index in [1.165, 1.54) is 6.92 Å². The fourth-order valence-corrected chi connectivity index (χ4v) is 1.31. The van der Waals surface area contributed by atoms with Crippen LogP contribution in [0.3, 0.4) is 0 Å². The number of hydrogen-bond donors (Lipinski definition) is 2. The number of halogens is 2. The van der Waals surface area contributed by atoms with E-state index in [9.17, 15) is 13.6 Å². The van der Waals surface area contributed by atoms with Gasteiger partial charge in [0.05, 0.1) is 0 Å². The van der Waals surface area contributed by atoms with E-state index in [-0.39, 0.29) is 0 Å². The topological polar surface area (TPSA) is 64.3 Å². The van der Waals surface area contributed by atoms with E-state index in [4.69, 9.17) is 10.5 Å². The van der Waals surface area contributed by atoms with Gasteiger partial charge in [0.25, 0.3) is 12.3 Å². The van der Waals surface area contributed by atoms with Crippen molar-refractivity contribution < 1.29 is 18.3 Å². The van der Waals surface area contributed by atoms with Crippen molar-refractivity contribution in [2.24, 2.45) is 5.73 Å². The summed E-state index contributed by atoms with van der Waals surface area (Å²) in [6.45, 7) is 1.03. The Morgan fingerprint density at radius 1 is 1.50 bits per heavy atom. The Labute approximate surface area is 104 Å². The summed E-state index contributed by atoms with van der Waals surface area (Å²) >= 11 is 0. The fourth-order valence-electron chi connectivity index (χ4n) is 1.31. The molecule has 3 N–H and O–H groups in total. The predicted molar refractivity (Wildman–Crippen MR) is 64.4 cm³/mol. The molecule has 6 heteroatoms. The maximum atomic E-state index is 11.9. The first-order chi connectivity index (χ1) is 8.52. The number of carbonyl (C=O) groups is 1. The molecule has 0 saturated heterocycles. The zero-order valence-electron chi connectivity index (χ0n) is 10.0. The first-order valence-corrected chi connectivity index (χ1v) is 5.52. The number of ether oxygens (including phenoxy) is 1. The molecule has 0 aliphatic rings. The number of benzene rings is 1. The lowest BCUT2D eigenvalue weighted by Gasteiger charge is -2.13. The minimum absolute atomic E-state index is 0.362. The van der Waals surface area contributed by atoms with Gasteiger partial charge in [-0.05, 0) is 24.6 Å². The highest BCUT2D eigenvalue weighted by molar-refractivity contribution is 5.93. The van der Waals surface area contributed by atoms with Crippen LogP contribution < -0.4 is 11.1 Å². The molecule has 1 amide bonds. The van der Waals surface area contributed by atoms with Crippen molar-refractivity contribution in [1.82, 2.24) is 0 Å². The van der Waals surface area contributed by atoms with Gasteiger partial charge in [0.1, 0.15) is 12.7 Å². The van der Waals surface area contributed by atoms with Crippen molar-refractivity contribution in [3.8, 4) is 0 Å². The van der Waals surface area contributed by atoms with Gasteiger partial charge in [-0.2, -0.15) is 0 Å². The van der Waals surface area contributed by atoms with Gasteiger partial charge in [-0.1, -0.05) is 12.1 Å². The van der Waals surface area contributed by atoms with Crippen LogP contribution in [-0.2, 0) is 16.1 Å². The zero-order chi connectivity index (χ0) is 13.5. The lowest BCUT2D eigenvalue weighted by atomic mass is 10.2. The normalized spacial score (nSPS) is 12.5. The summed E-state index contributed by atoms with van der Waals surface area (Å²) in [5.74, 6) is -0.468. The minimum Gasteiger partial charge on any atom is -0.363 e. The van der Waals surface area contributed by atoms with Crippen molar-refractivity contribution in [1.29, 1.82) is 0 Å². The highest BCUT2D eigenvalue weighted by Gasteiger charge is 2.15. The second kappa shape index (κ2) is 7.03. The molecule has 100 valence electrons. The van der Waals surface area contributed by atoms with Gasteiger partial charge in [0, 0.05) is 12.2 Å². The number of alkyl halides is 2. The molecule has 0 aliphatic heterocycles. The van der Waals surface area contributed by atoms with Crippen LogP contribution in [0.1, 0.15) is 12.5 Å². The van der Waals surface area contributed by atoms with Crippen LogP contribution in [0.25, 0.3) is 0 Å². The Kier molecular flexibility index (Phi) is 5.67. The molecule has 0 saturated carbocycles. The number of amides is 1. The highest BCUT2D eigenvalue weighted by atomic mass is 19.3. The van der Waals surface area contributed by atoms with Crippen molar-refractivity contribution in [3.05, 3.63) is 29.8 Å². The van der Waals surface area contributed by atoms with Crippen LogP contribution >= 0.6 is 0 Å². The van der Waals surface area contributed by atoms with Gasteiger partial charge >= 0.3 is 0 Å². The maximum absolute atomic E-state index is 11.9. The number of rotatable bonds is 6. The Morgan fingerprint density at radius 2 is 2.22 bits per heavy atom. The summed E-state index contributed by atoms with van der Waals surface area (Å²) in [6.07, 6.45) is -3.51. The van der Waals surface area contributed by atoms with E-state index < -0.39 is 25.0 Å². The third kappa shape index (κ3) is 4.77. The molecule has 0 aromatic heterocycles. The first kappa shape index (κ1) is 14.5. The quantitative estimate of drug-likeness (QED) is 0.817. The van der Waals surface area contributed by atoms with Crippen molar-refractivity contribution in [3.63, 3.8) is 0 Å². The van der Waals surface area contributed by atoms with Gasteiger partial charge in [-0.15, -0.1) is 0 Å². The summed E-state index contributed by atoms with van der Waals surface area (Å²) in [5, 5.41) is 2.58. The largest absolute Gasteiger partial charge is 0.363 e. The van der Waals surface area contributed by atoms with E-state index in [0.717, 1.165) is 5.56 Å². The molecule has 1 atom stereocenters. The molecule has 1 aromatic carbocycles. The maximum Gasteiger partial charge on any atom is 0.261 e. The summed E-state index contributed by atoms with van der Waals surface area (Å²) in [5.41, 5.74) is 6.90. The molecule has 18 heavy (non-hydrogen) atoms. The molecule has 0 aliphatic carbocycles. The molecular formula is C12H16F2N2O2. The van der Waals surface area contributed by atoms with Crippen LogP contribution in [0.4, 0.5) is 14.5 Å². The number of anilines is 1. The average molecular weight is 258 g/mol. The Morgan fingerprint density at radius 3 is 2.83 bits per heavy atom. The van der Waals surface area contributed by atoms with Gasteiger partial charge in [-0.25, -0.2) is 8.78 Å². The van der Waals surface area contributed by atoms with Crippen LogP contribution in [0, 0.1) is 0 Å². The Hall–Kier alpha value is -1.53. The second-order valence-corrected chi connectivity index (χ2v) is 3.76. The summed E-state index contributed by atoms with van der Waals surface area (Å²) < 4.78 is 28.5. The summed E-state index contributed by atoms with van der Waals surface area (Å²) in [6, 6.07) is 6.99. The molecule has 1 unspecified atom stereocenters. The average Bonchev–Trinajstić information content (AvgIpc) is 2.36. The molecule has 0 spiro atoms. The van der Waals surface area contributed by atoms with Gasteiger partial charge in [0.2, 0.25) is 0 Å². The zero-order valence-corrected chi connectivity index (χ0v) is 10.0. The molecule has 0 radical (unpaired) electrons. The van der Waals surface area contributed by atoms with Crippen molar-refractivity contribution in [2.45, 2.75) is 26.0 Å². The van der Waals surface area contributed by atoms with Gasteiger partial charge in [0.15, 0.2) is 0 Å². The first-order valence-electron chi connectivity index (χ1n) is 5.52. The van der Waals surface area contributed by atoms with Crippen LogP contribution in [-0.4, -0.2) is 25.0 Å². The molecule has 0 heterocycles. The lowest BCUT2D eigenvalue weighted by molar-refractivity contribution is -0.128. The van der Waals surface area contributed by atoms with E-state index in [0.29, 0.717) is 12.2 Å². The van der Waals surface area contributed by atoms with E-state index in [2.05, 4.69) is 5.32 Å². The van der Waals surface area contributed by atoms with Gasteiger partial charge < -0.3 is 15.8 Å². The monoisotopic (exact) mass is 258 g/mol. The highest BCUT2D eigenvalue weighted by Crippen LogP contribution is 2.11. The molecule has 0 bridgehead atoms. The standard InChI is InChI=1S/C12H16F2N2O2/c1-8(18-7-11(13)14)12(17)16-10-4-2-3-9(5-10)6-15/h2-5,8,11H,6-7,15H2,1H3,(H,16,17). The Balaban J connectivity index is 2.52. The van der Waals surface area contributed by atoms with Gasteiger partial charge in [-0.3, -0.25) is 4.79 Å². The van der Waals surface area contributed by atoms with E-state index >= 15 is 0 Å². The molecule has 4 nitrogen and oxygen atoms in total. The third-order valence-electron chi connectivity index (χ3n) is 2.27. The van der Waals surface area contributed by atoms with Crippen LogP contribution in [0.5, 0.6) is 0 Å². The number of nitrogens with two attached hydrogens (primary N) is 1. The minimum atomic E-state index is -2.58.